The zero-order chi connectivity index (χ0) is 16.4. The number of nitrogens with zero attached hydrogens (tertiary/aromatic N) is 6. The quantitative estimate of drug-likeness (QED) is 0.698. The van der Waals surface area contributed by atoms with Gasteiger partial charge < -0.3 is 4.74 Å². The third-order valence-corrected chi connectivity index (χ3v) is 3.46. The molecule has 0 spiro atoms. The lowest BCUT2D eigenvalue weighted by Gasteiger charge is -2.06. The van der Waals surface area contributed by atoms with Crippen LogP contribution in [0.2, 0.25) is 0 Å². The smallest absolute Gasteiger partial charge is 0.434 e. The Kier molecular flexibility index (Phi) is 4.20. The molecule has 3 heterocycles. The molecule has 0 N–H and O–H groups in total. The first-order valence-electron chi connectivity index (χ1n) is 6.84. The van der Waals surface area contributed by atoms with E-state index in [0.29, 0.717) is 22.8 Å². The van der Waals surface area contributed by atoms with Gasteiger partial charge in [-0.15, -0.1) is 10.2 Å². The van der Waals surface area contributed by atoms with Crippen LogP contribution in [0.15, 0.2) is 36.9 Å². The zero-order valence-corrected chi connectivity index (χ0v) is 14.0. The van der Waals surface area contributed by atoms with Crippen LogP contribution in [0.4, 0.5) is 4.79 Å². The van der Waals surface area contributed by atoms with Crippen LogP contribution in [0.3, 0.4) is 0 Å². The molecule has 118 valence electrons. The molecule has 0 aliphatic rings. The van der Waals surface area contributed by atoms with E-state index in [4.69, 9.17) is 4.74 Å². The summed E-state index contributed by atoms with van der Waals surface area (Å²) in [6.45, 7) is 3.56. The van der Waals surface area contributed by atoms with Crippen molar-refractivity contribution in [3.05, 3.63) is 36.9 Å². The first-order chi connectivity index (χ1) is 11.0. The van der Waals surface area contributed by atoms with Gasteiger partial charge in [-0.2, -0.15) is 9.78 Å². The van der Waals surface area contributed by atoms with Crippen molar-refractivity contribution < 1.29 is 9.53 Å². The van der Waals surface area contributed by atoms with Gasteiger partial charge in [-0.25, -0.2) is 9.78 Å². The molecule has 0 atom stereocenters. The van der Waals surface area contributed by atoms with Gasteiger partial charge in [0.15, 0.2) is 5.82 Å². The zero-order valence-electron chi connectivity index (χ0n) is 12.4. The van der Waals surface area contributed by atoms with Crippen LogP contribution >= 0.6 is 16.1 Å². The molecule has 0 aliphatic heterocycles. The summed E-state index contributed by atoms with van der Waals surface area (Å²) in [6.07, 6.45) is 5.77. The summed E-state index contributed by atoms with van der Waals surface area (Å²) in [6, 6.07) is 3.59. The number of carbonyl (C=O) groups excluding carboxylic acids is 1. The van der Waals surface area contributed by atoms with E-state index in [-0.39, 0.29) is 6.10 Å². The molecule has 0 saturated carbocycles. The lowest BCUT2D eigenvalue weighted by molar-refractivity contribution is 0.114. The molecule has 0 saturated heterocycles. The summed E-state index contributed by atoms with van der Waals surface area (Å²) in [5.41, 5.74) is 1.90. The van der Waals surface area contributed by atoms with E-state index in [1.54, 1.807) is 48.2 Å². The molecule has 3 rings (SSSR count). The fraction of sp³-hybridized carbons (Fsp3) is 0.214. The highest BCUT2D eigenvalue weighted by Crippen LogP contribution is 2.20. The normalized spacial score (nSPS) is 11.0. The molecule has 9 heteroatoms. The molecule has 3 aromatic rings. The van der Waals surface area contributed by atoms with Gasteiger partial charge in [-0.05, 0) is 26.0 Å². The number of aromatic nitrogens is 6. The number of ether oxygens (including phenoxy) is 1. The van der Waals surface area contributed by atoms with E-state index in [0.717, 1.165) is 4.68 Å². The van der Waals surface area contributed by atoms with E-state index < -0.39 is 6.09 Å². The first kappa shape index (κ1) is 15.3. The number of hydrogen-bond acceptors (Lipinski definition) is 6. The third-order valence-electron chi connectivity index (χ3n) is 2.89. The molecular formula is C14H13BrN6O2. The molecular weight excluding hydrogens is 364 g/mol. The summed E-state index contributed by atoms with van der Waals surface area (Å²) in [7, 11) is 0. The van der Waals surface area contributed by atoms with E-state index in [1.165, 1.54) is 6.20 Å². The van der Waals surface area contributed by atoms with Gasteiger partial charge in [-0.3, -0.25) is 3.59 Å². The summed E-state index contributed by atoms with van der Waals surface area (Å²) in [4.78, 5) is 16.0. The Morgan fingerprint density at radius 3 is 2.61 bits per heavy atom. The summed E-state index contributed by atoms with van der Waals surface area (Å²) in [5.74, 6) is 0.653. The van der Waals surface area contributed by atoms with Crippen LogP contribution in [-0.4, -0.2) is 40.8 Å². The molecule has 0 amide bonds. The van der Waals surface area contributed by atoms with E-state index >= 15 is 0 Å². The van der Waals surface area contributed by atoms with Crippen molar-refractivity contribution in [2.24, 2.45) is 0 Å². The van der Waals surface area contributed by atoms with Gasteiger partial charge in [0.05, 0.1) is 34.1 Å². The minimum Gasteiger partial charge on any atom is -0.445 e. The second-order valence-electron chi connectivity index (χ2n) is 4.97. The molecule has 0 bridgehead atoms. The van der Waals surface area contributed by atoms with E-state index in [9.17, 15) is 4.79 Å². The highest BCUT2D eigenvalue weighted by molar-refractivity contribution is 9.08. The highest BCUT2D eigenvalue weighted by atomic mass is 79.9. The Bertz CT molecular complexity index is 824. The fourth-order valence-electron chi connectivity index (χ4n) is 1.88. The van der Waals surface area contributed by atoms with Crippen molar-refractivity contribution in [2.45, 2.75) is 20.0 Å². The SMILES string of the molecule is CC(C)OC(=O)n1cc(-c2ccc(-c3nccn3Br)nn2)cn1. The van der Waals surface area contributed by atoms with Gasteiger partial charge >= 0.3 is 6.09 Å². The minimum absolute atomic E-state index is 0.206. The Morgan fingerprint density at radius 2 is 2.00 bits per heavy atom. The van der Waals surface area contributed by atoms with Crippen LogP contribution in [-0.2, 0) is 4.74 Å². The lowest BCUT2D eigenvalue weighted by atomic mass is 10.2. The maximum atomic E-state index is 11.8. The maximum Gasteiger partial charge on any atom is 0.434 e. The van der Waals surface area contributed by atoms with Gasteiger partial charge in [0.25, 0.3) is 0 Å². The van der Waals surface area contributed by atoms with Crippen molar-refractivity contribution in [2.75, 3.05) is 0 Å². The molecule has 3 aromatic heterocycles. The summed E-state index contributed by atoms with van der Waals surface area (Å²) < 4.78 is 7.89. The average molecular weight is 377 g/mol. The van der Waals surface area contributed by atoms with Crippen molar-refractivity contribution in [3.63, 3.8) is 0 Å². The number of hydrogen-bond donors (Lipinski definition) is 0. The Balaban J connectivity index is 1.82. The first-order valence-corrected chi connectivity index (χ1v) is 7.55. The highest BCUT2D eigenvalue weighted by Gasteiger charge is 2.13. The predicted molar refractivity (Wildman–Crippen MR) is 85.8 cm³/mol. The van der Waals surface area contributed by atoms with E-state index in [1.807, 2.05) is 0 Å². The fourth-order valence-corrected chi connectivity index (χ4v) is 2.26. The molecule has 8 nitrogen and oxygen atoms in total. The topological polar surface area (TPSA) is 87.7 Å². The monoisotopic (exact) mass is 376 g/mol. The van der Waals surface area contributed by atoms with Gasteiger partial charge in [-0.1, -0.05) is 0 Å². The second kappa shape index (κ2) is 6.29. The number of carbonyl (C=O) groups is 1. The number of rotatable bonds is 3. The molecule has 0 aromatic carbocycles. The van der Waals surface area contributed by atoms with Crippen LogP contribution in [0.1, 0.15) is 13.8 Å². The van der Waals surface area contributed by atoms with Gasteiger partial charge in [0, 0.05) is 24.2 Å². The minimum atomic E-state index is -0.530. The van der Waals surface area contributed by atoms with Crippen LogP contribution in [0.25, 0.3) is 22.8 Å². The van der Waals surface area contributed by atoms with Crippen LogP contribution in [0.5, 0.6) is 0 Å². The van der Waals surface area contributed by atoms with Crippen molar-refractivity contribution in [1.82, 2.24) is 28.6 Å². The Hall–Kier alpha value is -2.55. The second-order valence-corrected chi connectivity index (χ2v) is 5.74. The van der Waals surface area contributed by atoms with Crippen LogP contribution in [0, 0.1) is 0 Å². The van der Waals surface area contributed by atoms with Gasteiger partial charge in [0.1, 0.15) is 5.69 Å². The molecule has 23 heavy (non-hydrogen) atoms. The Labute approximate surface area is 140 Å². The third kappa shape index (κ3) is 3.29. The Morgan fingerprint density at radius 1 is 1.26 bits per heavy atom. The van der Waals surface area contributed by atoms with Crippen molar-refractivity contribution >= 4 is 22.2 Å². The van der Waals surface area contributed by atoms with Gasteiger partial charge in [0.2, 0.25) is 0 Å². The van der Waals surface area contributed by atoms with Crippen molar-refractivity contribution in [1.29, 1.82) is 0 Å². The largest absolute Gasteiger partial charge is 0.445 e. The lowest BCUT2D eigenvalue weighted by Crippen LogP contribution is -2.18. The number of halogens is 1. The standard InChI is InChI=1S/C14H13BrN6O2/c1-9(2)23-14(22)21-8-10(7-17-21)11-3-4-12(19-18-11)13-16-5-6-20(13)15/h3-9H,1-2H3. The maximum absolute atomic E-state index is 11.8. The van der Waals surface area contributed by atoms with Crippen LogP contribution < -0.4 is 0 Å². The van der Waals surface area contributed by atoms with E-state index in [2.05, 4.69) is 36.4 Å². The molecule has 0 radical (unpaired) electrons. The molecule has 0 aliphatic carbocycles. The number of imidazole rings is 1. The predicted octanol–water partition coefficient (Wildman–Crippen LogP) is 2.75. The molecule has 0 unspecified atom stereocenters. The van der Waals surface area contributed by atoms with Crippen molar-refractivity contribution in [3.8, 4) is 22.8 Å². The molecule has 0 fully saturated rings. The summed E-state index contributed by atoms with van der Waals surface area (Å²) in [5, 5.41) is 12.3. The average Bonchev–Trinajstić information content (AvgIpc) is 3.16. The summed E-state index contributed by atoms with van der Waals surface area (Å²) >= 11 is 3.33.